The van der Waals surface area contributed by atoms with Crippen LogP contribution in [0.2, 0.25) is 5.02 Å². The molecule has 0 aliphatic carbocycles. The summed E-state index contributed by atoms with van der Waals surface area (Å²) < 4.78 is 5.22. The minimum Gasteiger partial charge on any atom is -0.495 e. The Bertz CT molecular complexity index is 593. The fourth-order valence-corrected chi connectivity index (χ4v) is 2.92. The van der Waals surface area contributed by atoms with E-state index in [9.17, 15) is 9.59 Å². The molecule has 1 aliphatic rings. The van der Waals surface area contributed by atoms with Crippen LogP contribution in [0.1, 0.15) is 19.8 Å². The molecule has 2 atom stereocenters. The zero-order chi connectivity index (χ0) is 17.0. The van der Waals surface area contributed by atoms with Gasteiger partial charge < -0.3 is 20.1 Å². The van der Waals surface area contributed by atoms with Gasteiger partial charge in [-0.3, -0.25) is 9.59 Å². The third kappa shape index (κ3) is 4.28. The zero-order valence-corrected chi connectivity index (χ0v) is 14.0. The summed E-state index contributed by atoms with van der Waals surface area (Å²) in [5.74, 6) is -0.877. The Morgan fingerprint density at radius 3 is 2.83 bits per heavy atom. The molecule has 6 nitrogen and oxygen atoms in total. The van der Waals surface area contributed by atoms with Crippen LogP contribution in [0.15, 0.2) is 18.2 Å². The number of methoxy groups -OCH3 is 1. The number of rotatable bonds is 5. The largest absolute Gasteiger partial charge is 0.495 e. The van der Waals surface area contributed by atoms with Crippen molar-refractivity contribution < 1.29 is 19.4 Å². The number of carboxylic acids is 1. The van der Waals surface area contributed by atoms with Crippen molar-refractivity contribution in [2.45, 2.75) is 25.8 Å². The van der Waals surface area contributed by atoms with Crippen molar-refractivity contribution in [1.82, 2.24) is 4.90 Å². The summed E-state index contributed by atoms with van der Waals surface area (Å²) in [7, 11) is 1.54. The molecule has 1 fully saturated rings. The normalized spacial score (nSPS) is 20.9. The lowest BCUT2D eigenvalue weighted by Crippen LogP contribution is -2.49. The topological polar surface area (TPSA) is 78.9 Å². The van der Waals surface area contributed by atoms with E-state index >= 15 is 0 Å². The highest BCUT2D eigenvalue weighted by atomic mass is 35.5. The lowest BCUT2D eigenvalue weighted by molar-refractivity contribution is -0.146. The number of nitrogens with one attached hydrogen (secondary N) is 1. The molecule has 0 spiro atoms. The van der Waals surface area contributed by atoms with Gasteiger partial charge in [0, 0.05) is 17.6 Å². The number of hydrogen-bond donors (Lipinski definition) is 2. The van der Waals surface area contributed by atoms with Crippen molar-refractivity contribution >= 4 is 29.2 Å². The van der Waals surface area contributed by atoms with Crippen LogP contribution >= 0.6 is 11.6 Å². The fraction of sp³-hybridized carbons (Fsp3) is 0.500. The first kappa shape index (κ1) is 17.4. The van der Waals surface area contributed by atoms with Gasteiger partial charge in [-0.1, -0.05) is 11.6 Å². The van der Waals surface area contributed by atoms with Crippen LogP contribution in [0.4, 0.5) is 5.69 Å². The van der Waals surface area contributed by atoms with Crippen molar-refractivity contribution in [2.75, 3.05) is 25.5 Å². The summed E-state index contributed by atoms with van der Waals surface area (Å²) in [6.45, 7) is 2.26. The first-order valence-electron chi connectivity index (χ1n) is 7.52. The number of likely N-dealkylation sites (tertiary alicyclic amines) is 1. The van der Waals surface area contributed by atoms with E-state index in [1.54, 1.807) is 30.2 Å². The monoisotopic (exact) mass is 340 g/mol. The van der Waals surface area contributed by atoms with Gasteiger partial charge >= 0.3 is 5.97 Å². The molecule has 1 amide bonds. The van der Waals surface area contributed by atoms with E-state index in [-0.39, 0.29) is 25.0 Å². The van der Waals surface area contributed by atoms with Crippen molar-refractivity contribution in [1.29, 1.82) is 0 Å². The number of anilines is 1. The lowest BCUT2D eigenvalue weighted by atomic mass is 9.93. The molecule has 0 radical (unpaired) electrons. The highest BCUT2D eigenvalue weighted by Gasteiger charge is 2.32. The van der Waals surface area contributed by atoms with E-state index in [4.69, 9.17) is 21.4 Å². The SMILES string of the molecule is COc1ccc(Cl)cc1NCC(=O)N1CC(C(=O)O)CCC1C. The van der Waals surface area contributed by atoms with Crippen LogP contribution in [0, 0.1) is 5.92 Å². The average Bonchev–Trinajstić information content (AvgIpc) is 2.53. The van der Waals surface area contributed by atoms with E-state index in [1.165, 1.54) is 0 Å². The molecule has 1 aliphatic heterocycles. The summed E-state index contributed by atoms with van der Waals surface area (Å²) in [6.07, 6.45) is 1.30. The molecular weight excluding hydrogens is 320 g/mol. The first-order chi connectivity index (χ1) is 10.9. The van der Waals surface area contributed by atoms with Crippen molar-refractivity contribution in [3.05, 3.63) is 23.2 Å². The highest BCUT2D eigenvalue weighted by molar-refractivity contribution is 6.30. The Balaban J connectivity index is 2.01. The summed E-state index contributed by atoms with van der Waals surface area (Å²) in [5, 5.41) is 12.7. The Morgan fingerprint density at radius 2 is 2.17 bits per heavy atom. The van der Waals surface area contributed by atoms with Crippen molar-refractivity contribution in [3.63, 3.8) is 0 Å². The third-order valence-corrected chi connectivity index (χ3v) is 4.38. The Hall–Kier alpha value is -1.95. The van der Waals surface area contributed by atoms with Crippen LogP contribution in [0.5, 0.6) is 5.75 Å². The summed E-state index contributed by atoms with van der Waals surface area (Å²) in [4.78, 5) is 25.2. The molecule has 1 aromatic rings. The molecule has 126 valence electrons. The third-order valence-electron chi connectivity index (χ3n) is 4.14. The van der Waals surface area contributed by atoms with Gasteiger partial charge in [0.15, 0.2) is 0 Å². The van der Waals surface area contributed by atoms with Crippen LogP contribution in [0.3, 0.4) is 0 Å². The molecule has 1 heterocycles. The van der Waals surface area contributed by atoms with Gasteiger partial charge in [-0.05, 0) is 38.0 Å². The van der Waals surface area contributed by atoms with Crippen molar-refractivity contribution in [2.24, 2.45) is 5.92 Å². The number of ether oxygens (including phenoxy) is 1. The molecule has 7 heteroatoms. The molecule has 1 aromatic carbocycles. The predicted octanol–water partition coefficient (Wildman–Crippen LogP) is 2.47. The summed E-state index contributed by atoms with van der Waals surface area (Å²) >= 11 is 5.96. The number of amides is 1. The summed E-state index contributed by atoms with van der Waals surface area (Å²) in [6, 6.07) is 5.16. The number of carboxylic acid groups (broad SMARTS) is 1. The average molecular weight is 341 g/mol. The Labute approximate surface area is 140 Å². The summed E-state index contributed by atoms with van der Waals surface area (Å²) in [5.41, 5.74) is 0.632. The second-order valence-corrected chi connectivity index (χ2v) is 6.14. The number of benzene rings is 1. The van der Waals surface area contributed by atoms with Gasteiger partial charge in [-0.25, -0.2) is 0 Å². The molecule has 0 bridgehead atoms. The maximum Gasteiger partial charge on any atom is 0.308 e. The second kappa shape index (κ2) is 7.55. The Kier molecular flexibility index (Phi) is 5.71. The minimum atomic E-state index is -0.848. The molecule has 2 unspecified atom stereocenters. The van der Waals surface area contributed by atoms with Gasteiger partial charge in [-0.2, -0.15) is 0 Å². The lowest BCUT2D eigenvalue weighted by Gasteiger charge is -2.36. The van der Waals surface area contributed by atoms with Gasteiger partial charge in [0.25, 0.3) is 0 Å². The van der Waals surface area contributed by atoms with E-state index < -0.39 is 11.9 Å². The number of halogens is 1. The second-order valence-electron chi connectivity index (χ2n) is 5.71. The number of hydrogen-bond acceptors (Lipinski definition) is 4. The van der Waals surface area contributed by atoms with Crippen LogP contribution < -0.4 is 10.1 Å². The van der Waals surface area contributed by atoms with Crippen LogP contribution in [0.25, 0.3) is 0 Å². The maximum atomic E-state index is 12.4. The first-order valence-corrected chi connectivity index (χ1v) is 7.90. The maximum absolute atomic E-state index is 12.4. The van der Waals surface area contributed by atoms with Gasteiger partial charge in [0.2, 0.25) is 5.91 Å². The molecule has 0 aromatic heterocycles. The number of carbonyl (C=O) groups excluding carboxylic acids is 1. The van der Waals surface area contributed by atoms with E-state index in [0.29, 0.717) is 29.3 Å². The van der Waals surface area contributed by atoms with Gasteiger partial charge in [-0.15, -0.1) is 0 Å². The molecule has 1 saturated heterocycles. The molecule has 0 saturated carbocycles. The van der Waals surface area contributed by atoms with Crippen molar-refractivity contribution in [3.8, 4) is 5.75 Å². The minimum absolute atomic E-state index is 0.0427. The Morgan fingerprint density at radius 1 is 1.43 bits per heavy atom. The van der Waals surface area contributed by atoms with E-state index in [1.807, 2.05) is 6.92 Å². The molecule has 2 rings (SSSR count). The zero-order valence-electron chi connectivity index (χ0n) is 13.2. The fourth-order valence-electron chi connectivity index (χ4n) is 2.75. The smallest absolute Gasteiger partial charge is 0.308 e. The van der Waals surface area contributed by atoms with Gasteiger partial charge in [0.05, 0.1) is 25.3 Å². The predicted molar refractivity (Wildman–Crippen MR) is 88.0 cm³/mol. The standard InChI is InChI=1S/C16H21ClN2O4/c1-10-3-4-11(16(21)22)9-19(10)15(20)8-18-13-7-12(17)5-6-14(13)23-2/h5-7,10-11,18H,3-4,8-9H2,1-2H3,(H,21,22). The number of carbonyl (C=O) groups is 2. The molecule has 2 N–H and O–H groups in total. The van der Waals surface area contributed by atoms with Crippen LogP contribution in [-0.4, -0.2) is 48.1 Å². The quantitative estimate of drug-likeness (QED) is 0.860. The van der Waals surface area contributed by atoms with Gasteiger partial charge in [0.1, 0.15) is 5.75 Å². The van der Waals surface area contributed by atoms with E-state index in [0.717, 1.165) is 0 Å². The van der Waals surface area contributed by atoms with E-state index in [2.05, 4.69) is 5.32 Å². The number of aliphatic carboxylic acids is 1. The van der Waals surface area contributed by atoms with Crippen LogP contribution in [-0.2, 0) is 9.59 Å². The number of nitrogens with zero attached hydrogens (tertiary/aromatic N) is 1. The molecular formula is C16H21ClN2O4. The highest BCUT2D eigenvalue weighted by Crippen LogP contribution is 2.28. The molecule has 23 heavy (non-hydrogen) atoms. The number of piperidine rings is 1.